The minimum absolute atomic E-state index is 0.116. The third-order valence-electron chi connectivity index (χ3n) is 4.43. The molecule has 1 saturated heterocycles. The number of rotatable bonds is 8. The van der Waals surface area contributed by atoms with Crippen LogP contribution in [0.1, 0.15) is 13.8 Å². The van der Waals surface area contributed by atoms with Gasteiger partial charge in [0, 0.05) is 45.0 Å². The molecule has 0 atom stereocenters. The van der Waals surface area contributed by atoms with Crippen LogP contribution >= 0.6 is 0 Å². The monoisotopic (exact) mass is 384 g/mol. The number of nitrogens with zero attached hydrogens (tertiary/aromatic N) is 3. The van der Waals surface area contributed by atoms with Crippen LogP contribution in [0.25, 0.3) is 0 Å². The molecule has 1 aliphatic rings. The second-order valence-electron chi connectivity index (χ2n) is 6.04. The lowest BCUT2D eigenvalue weighted by Gasteiger charge is -2.35. The molecule has 8 nitrogen and oxygen atoms in total. The summed E-state index contributed by atoms with van der Waals surface area (Å²) in [4.78, 5) is 14.2. The SMILES string of the molecule is CCN(CC)S(=O)(=O)N1CCN(CC(=O)Nc2ccc(OC)cc2)CC1. The summed E-state index contributed by atoms with van der Waals surface area (Å²) in [5, 5.41) is 2.84. The highest BCUT2D eigenvalue weighted by Crippen LogP contribution is 2.15. The van der Waals surface area contributed by atoms with Crippen molar-refractivity contribution in [3.05, 3.63) is 24.3 Å². The van der Waals surface area contributed by atoms with Crippen molar-refractivity contribution in [1.82, 2.24) is 13.5 Å². The lowest BCUT2D eigenvalue weighted by molar-refractivity contribution is -0.117. The second kappa shape index (κ2) is 9.31. The summed E-state index contributed by atoms with van der Waals surface area (Å²) in [5.74, 6) is 0.615. The van der Waals surface area contributed by atoms with Gasteiger partial charge in [0.2, 0.25) is 5.91 Å². The average molecular weight is 385 g/mol. The molecule has 1 aromatic rings. The van der Waals surface area contributed by atoms with Crippen molar-refractivity contribution in [2.24, 2.45) is 0 Å². The Morgan fingerprint density at radius 3 is 2.19 bits per heavy atom. The molecule has 26 heavy (non-hydrogen) atoms. The summed E-state index contributed by atoms with van der Waals surface area (Å²) in [6, 6.07) is 7.13. The number of hydrogen-bond acceptors (Lipinski definition) is 5. The van der Waals surface area contributed by atoms with Crippen LogP contribution in [-0.2, 0) is 15.0 Å². The van der Waals surface area contributed by atoms with E-state index < -0.39 is 10.2 Å². The van der Waals surface area contributed by atoms with Crippen LogP contribution in [0.5, 0.6) is 5.75 Å². The molecule has 0 spiro atoms. The summed E-state index contributed by atoms with van der Waals surface area (Å²) in [5.41, 5.74) is 0.707. The Kier molecular flexibility index (Phi) is 7.39. The fraction of sp³-hybridized carbons (Fsp3) is 0.588. The number of nitrogens with one attached hydrogen (secondary N) is 1. The second-order valence-corrected chi connectivity index (χ2v) is 7.97. The molecule has 9 heteroatoms. The Labute approximate surface area is 155 Å². The van der Waals surface area contributed by atoms with Crippen LogP contribution in [0.4, 0.5) is 5.69 Å². The van der Waals surface area contributed by atoms with E-state index in [1.807, 2.05) is 18.7 Å². The zero-order valence-electron chi connectivity index (χ0n) is 15.6. The summed E-state index contributed by atoms with van der Waals surface area (Å²) < 4.78 is 33.1. The molecule has 0 radical (unpaired) electrons. The molecular weight excluding hydrogens is 356 g/mol. The van der Waals surface area contributed by atoms with E-state index in [1.165, 1.54) is 8.61 Å². The summed E-state index contributed by atoms with van der Waals surface area (Å²) in [6.07, 6.45) is 0. The summed E-state index contributed by atoms with van der Waals surface area (Å²) >= 11 is 0. The molecule has 0 aliphatic carbocycles. The van der Waals surface area contributed by atoms with Crippen LogP contribution in [0.2, 0.25) is 0 Å². The number of ether oxygens (including phenoxy) is 1. The fourth-order valence-electron chi connectivity index (χ4n) is 2.91. The Hall–Kier alpha value is -1.68. The highest BCUT2D eigenvalue weighted by atomic mass is 32.2. The molecule has 2 rings (SSSR count). The molecule has 1 heterocycles. The molecule has 0 aromatic heterocycles. The van der Waals surface area contributed by atoms with Crippen molar-refractivity contribution in [2.45, 2.75) is 13.8 Å². The van der Waals surface area contributed by atoms with Gasteiger partial charge in [-0.3, -0.25) is 9.69 Å². The first-order valence-corrected chi connectivity index (χ1v) is 10.2. The maximum Gasteiger partial charge on any atom is 0.282 e. The highest BCUT2D eigenvalue weighted by Gasteiger charge is 2.31. The minimum Gasteiger partial charge on any atom is -0.497 e. The number of carbonyl (C=O) groups excluding carboxylic acids is 1. The van der Waals surface area contributed by atoms with E-state index in [4.69, 9.17) is 4.74 Å². The normalized spacial score (nSPS) is 16.6. The van der Waals surface area contributed by atoms with Crippen molar-refractivity contribution < 1.29 is 17.9 Å². The maximum atomic E-state index is 12.5. The van der Waals surface area contributed by atoms with E-state index in [9.17, 15) is 13.2 Å². The van der Waals surface area contributed by atoms with Gasteiger partial charge in [-0.2, -0.15) is 17.0 Å². The van der Waals surface area contributed by atoms with Crippen LogP contribution in [0.15, 0.2) is 24.3 Å². The molecule has 1 N–H and O–H groups in total. The summed E-state index contributed by atoms with van der Waals surface area (Å²) in [7, 11) is -1.81. The van der Waals surface area contributed by atoms with E-state index in [0.29, 0.717) is 45.0 Å². The molecule has 1 aromatic carbocycles. The summed E-state index contributed by atoms with van der Waals surface area (Å²) in [6.45, 7) is 6.70. The molecule has 1 aliphatic heterocycles. The van der Waals surface area contributed by atoms with E-state index in [-0.39, 0.29) is 12.5 Å². The number of amides is 1. The van der Waals surface area contributed by atoms with Gasteiger partial charge >= 0.3 is 0 Å². The van der Waals surface area contributed by atoms with Crippen molar-refractivity contribution >= 4 is 21.8 Å². The largest absolute Gasteiger partial charge is 0.497 e. The van der Waals surface area contributed by atoms with Gasteiger partial charge in [0.15, 0.2) is 0 Å². The predicted molar refractivity (Wildman–Crippen MR) is 101 cm³/mol. The quantitative estimate of drug-likeness (QED) is 0.718. The predicted octanol–water partition coefficient (Wildman–Crippen LogP) is 0.838. The van der Waals surface area contributed by atoms with Crippen LogP contribution in [0, 0.1) is 0 Å². The standard InChI is InChI=1S/C17H28N4O4S/c1-4-20(5-2)26(23,24)21-12-10-19(11-13-21)14-17(22)18-15-6-8-16(25-3)9-7-15/h6-9H,4-5,10-14H2,1-3H3,(H,18,22). The Bertz CT molecular complexity index is 681. The van der Waals surface area contributed by atoms with Crippen molar-refractivity contribution in [3.63, 3.8) is 0 Å². The third kappa shape index (κ3) is 5.16. The highest BCUT2D eigenvalue weighted by molar-refractivity contribution is 7.86. The van der Waals surface area contributed by atoms with Gasteiger partial charge in [-0.05, 0) is 24.3 Å². The van der Waals surface area contributed by atoms with E-state index in [0.717, 1.165) is 5.75 Å². The van der Waals surface area contributed by atoms with E-state index in [1.54, 1.807) is 31.4 Å². The topological polar surface area (TPSA) is 82.2 Å². The van der Waals surface area contributed by atoms with Crippen LogP contribution < -0.4 is 10.1 Å². The minimum atomic E-state index is -3.40. The van der Waals surface area contributed by atoms with Crippen molar-refractivity contribution in [2.75, 3.05) is 58.2 Å². The van der Waals surface area contributed by atoms with Gasteiger partial charge in [0.25, 0.3) is 10.2 Å². The molecule has 1 fully saturated rings. The number of methoxy groups -OCH3 is 1. The van der Waals surface area contributed by atoms with Gasteiger partial charge in [0.05, 0.1) is 13.7 Å². The van der Waals surface area contributed by atoms with E-state index >= 15 is 0 Å². The number of hydrogen-bond donors (Lipinski definition) is 1. The van der Waals surface area contributed by atoms with Gasteiger partial charge in [-0.1, -0.05) is 13.8 Å². The third-order valence-corrected chi connectivity index (χ3v) is 6.62. The molecular formula is C17H28N4O4S. The number of anilines is 1. The first-order chi connectivity index (χ1) is 12.4. The number of benzene rings is 1. The van der Waals surface area contributed by atoms with Crippen LogP contribution in [0.3, 0.4) is 0 Å². The zero-order valence-corrected chi connectivity index (χ0v) is 16.5. The Morgan fingerprint density at radius 1 is 1.12 bits per heavy atom. The number of carbonyl (C=O) groups is 1. The van der Waals surface area contributed by atoms with Gasteiger partial charge in [-0.15, -0.1) is 0 Å². The Balaban J connectivity index is 1.83. The first kappa shape index (κ1) is 20.6. The van der Waals surface area contributed by atoms with Crippen LogP contribution in [-0.4, -0.2) is 80.8 Å². The first-order valence-electron chi connectivity index (χ1n) is 8.82. The number of piperazine rings is 1. The van der Waals surface area contributed by atoms with Gasteiger partial charge in [-0.25, -0.2) is 0 Å². The van der Waals surface area contributed by atoms with Crippen molar-refractivity contribution in [3.8, 4) is 5.75 Å². The maximum absolute atomic E-state index is 12.5. The Morgan fingerprint density at radius 2 is 1.69 bits per heavy atom. The van der Waals surface area contributed by atoms with Gasteiger partial charge in [0.1, 0.15) is 5.75 Å². The lowest BCUT2D eigenvalue weighted by Crippen LogP contribution is -2.54. The molecule has 146 valence electrons. The fourth-order valence-corrected chi connectivity index (χ4v) is 4.51. The molecule has 0 unspecified atom stereocenters. The lowest BCUT2D eigenvalue weighted by atomic mass is 10.3. The molecule has 1 amide bonds. The van der Waals surface area contributed by atoms with Gasteiger partial charge < -0.3 is 10.1 Å². The van der Waals surface area contributed by atoms with Crippen molar-refractivity contribution in [1.29, 1.82) is 0 Å². The molecule has 0 bridgehead atoms. The molecule has 0 saturated carbocycles. The van der Waals surface area contributed by atoms with E-state index in [2.05, 4.69) is 5.32 Å². The average Bonchev–Trinajstić information content (AvgIpc) is 2.63. The smallest absolute Gasteiger partial charge is 0.282 e. The zero-order chi connectivity index (χ0) is 19.2.